The number of imidazole rings is 1. The lowest BCUT2D eigenvalue weighted by Gasteiger charge is -2.36. The lowest BCUT2D eigenvalue weighted by molar-refractivity contribution is -0.132. The van der Waals surface area contributed by atoms with Gasteiger partial charge in [0.15, 0.2) is 0 Å². The third-order valence-electron chi connectivity index (χ3n) is 6.16. The number of amides is 1. The molecule has 1 amide bonds. The minimum absolute atomic E-state index is 0.0116. The van der Waals surface area contributed by atoms with Gasteiger partial charge >= 0.3 is 5.69 Å². The highest BCUT2D eigenvalue weighted by Gasteiger charge is 2.23. The SMILES string of the molecule is O=C(Cn1c(=O)n(Cc2ccccc2)c2ccccc21)N1CCN(c2ccccc2)CC1. The Hall–Kier alpha value is -3.80. The highest BCUT2D eigenvalue weighted by Crippen LogP contribution is 2.17. The first-order chi connectivity index (χ1) is 15.7. The van der Waals surface area contributed by atoms with E-state index in [1.807, 2.05) is 77.7 Å². The van der Waals surface area contributed by atoms with Crippen molar-refractivity contribution in [1.82, 2.24) is 14.0 Å². The van der Waals surface area contributed by atoms with Crippen LogP contribution in [0.15, 0.2) is 89.7 Å². The summed E-state index contributed by atoms with van der Waals surface area (Å²) < 4.78 is 3.37. The van der Waals surface area contributed by atoms with Crippen molar-refractivity contribution < 1.29 is 4.79 Å². The van der Waals surface area contributed by atoms with Crippen LogP contribution in [-0.2, 0) is 17.9 Å². The predicted molar refractivity (Wildman–Crippen MR) is 127 cm³/mol. The van der Waals surface area contributed by atoms with Gasteiger partial charge in [-0.2, -0.15) is 0 Å². The first-order valence-electron chi connectivity index (χ1n) is 11.0. The number of anilines is 1. The van der Waals surface area contributed by atoms with Crippen molar-refractivity contribution in [3.63, 3.8) is 0 Å². The third kappa shape index (κ3) is 3.91. The standard InChI is InChI=1S/C26H26N4O2/c31-25(28-17-15-27(16-18-28)22-11-5-2-6-12-22)20-30-24-14-8-7-13-23(24)29(26(30)32)19-21-9-3-1-4-10-21/h1-14H,15-20H2. The predicted octanol–water partition coefficient (Wildman–Crippen LogP) is 3.20. The fourth-order valence-electron chi connectivity index (χ4n) is 4.43. The molecule has 1 aromatic heterocycles. The molecule has 1 fully saturated rings. The highest BCUT2D eigenvalue weighted by molar-refractivity contribution is 5.81. The Bertz CT molecular complexity index is 1270. The number of carbonyl (C=O) groups excluding carboxylic acids is 1. The summed E-state index contributed by atoms with van der Waals surface area (Å²) in [6, 6.07) is 27.9. The molecule has 0 unspecified atom stereocenters. The molecular weight excluding hydrogens is 400 g/mol. The van der Waals surface area contributed by atoms with Crippen LogP contribution in [0.2, 0.25) is 0 Å². The van der Waals surface area contributed by atoms with E-state index in [1.165, 1.54) is 5.69 Å². The van der Waals surface area contributed by atoms with Crippen LogP contribution in [0.4, 0.5) is 5.69 Å². The van der Waals surface area contributed by atoms with Gasteiger partial charge in [0.25, 0.3) is 0 Å². The van der Waals surface area contributed by atoms with Crippen LogP contribution >= 0.6 is 0 Å². The minimum atomic E-state index is -0.147. The number of hydrogen-bond donors (Lipinski definition) is 0. The summed E-state index contributed by atoms with van der Waals surface area (Å²) in [5.74, 6) is -0.0116. The summed E-state index contributed by atoms with van der Waals surface area (Å²) >= 11 is 0. The van der Waals surface area contributed by atoms with Crippen LogP contribution in [0, 0.1) is 0 Å². The summed E-state index contributed by atoms with van der Waals surface area (Å²) in [7, 11) is 0. The van der Waals surface area contributed by atoms with Crippen molar-refractivity contribution in [2.24, 2.45) is 0 Å². The zero-order valence-corrected chi connectivity index (χ0v) is 17.9. The normalized spacial score (nSPS) is 14.1. The van der Waals surface area contributed by atoms with E-state index in [0.717, 1.165) is 29.7 Å². The van der Waals surface area contributed by atoms with Crippen molar-refractivity contribution >= 4 is 22.6 Å². The molecule has 3 aromatic carbocycles. The van der Waals surface area contributed by atoms with Gasteiger partial charge in [-0.15, -0.1) is 0 Å². The molecule has 0 atom stereocenters. The largest absolute Gasteiger partial charge is 0.368 e. The fourth-order valence-corrected chi connectivity index (χ4v) is 4.43. The number of aromatic nitrogens is 2. The van der Waals surface area contributed by atoms with Gasteiger partial charge in [-0.25, -0.2) is 4.79 Å². The molecule has 4 aromatic rings. The average molecular weight is 427 g/mol. The lowest BCUT2D eigenvalue weighted by Crippen LogP contribution is -2.50. The third-order valence-corrected chi connectivity index (χ3v) is 6.16. The van der Waals surface area contributed by atoms with Gasteiger partial charge in [-0.1, -0.05) is 60.7 Å². The Kier molecular flexibility index (Phi) is 5.50. The summed E-state index contributed by atoms with van der Waals surface area (Å²) in [6.45, 7) is 3.45. The molecule has 162 valence electrons. The van der Waals surface area contributed by atoms with E-state index < -0.39 is 0 Å². The van der Waals surface area contributed by atoms with E-state index in [2.05, 4.69) is 17.0 Å². The molecule has 2 heterocycles. The molecule has 1 aliphatic heterocycles. The molecule has 0 saturated carbocycles. The lowest BCUT2D eigenvalue weighted by atomic mass is 10.2. The van der Waals surface area contributed by atoms with E-state index in [1.54, 1.807) is 9.13 Å². The zero-order valence-electron chi connectivity index (χ0n) is 17.9. The number of carbonyl (C=O) groups is 1. The number of fused-ring (bicyclic) bond motifs is 1. The van der Waals surface area contributed by atoms with E-state index in [-0.39, 0.29) is 18.1 Å². The summed E-state index contributed by atoms with van der Waals surface area (Å²) in [5.41, 5.74) is 3.74. The van der Waals surface area contributed by atoms with Crippen LogP contribution in [0.5, 0.6) is 0 Å². The Morgan fingerprint density at radius 1 is 0.688 bits per heavy atom. The zero-order chi connectivity index (χ0) is 21.9. The highest BCUT2D eigenvalue weighted by atomic mass is 16.2. The number of nitrogens with zero attached hydrogens (tertiary/aromatic N) is 4. The van der Waals surface area contributed by atoms with Crippen molar-refractivity contribution in [2.75, 3.05) is 31.1 Å². The maximum atomic E-state index is 13.3. The second kappa shape index (κ2) is 8.75. The second-order valence-corrected chi connectivity index (χ2v) is 8.13. The van der Waals surface area contributed by atoms with Crippen LogP contribution in [0.3, 0.4) is 0 Å². The number of hydrogen-bond acceptors (Lipinski definition) is 3. The van der Waals surface area contributed by atoms with Gasteiger partial charge in [0, 0.05) is 31.9 Å². The number of piperazine rings is 1. The molecule has 6 heteroatoms. The Balaban J connectivity index is 1.35. The van der Waals surface area contributed by atoms with Crippen molar-refractivity contribution in [3.05, 3.63) is 101 Å². The van der Waals surface area contributed by atoms with E-state index in [9.17, 15) is 9.59 Å². The maximum Gasteiger partial charge on any atom is 0.329 e. The Morgan fingerprint density at radius 2 is 1.25 bits per heavy atom. The van der Waals surface area contributed by atoms with Crippen LogP contribution in [0.1, 0.15) is 5.56 Å². The van der Waals surface area contributed by atoms with E-state index in [4.69, 9.17) is 0 Å². The summed E-state index contributed by atoms with van der Waals surface area (Å²) in [6.07, 6.45) is 0. The number of rotatable bonds is 5. The van der Waals surface area contributed by atoms with Gasteiger partial charge < -0.3 is 9.80 Å². The fraction of sp³-hybridized carbons (Fsp3) is 0.231. The van der Waals surface area contributed by atoms with Gasteiger partial charge in [-0.3, -0.25) is 13.9 Å². The van der Waals surface area contributed by atoms with Gasteiger partial charge in [-0.05, 0) is 29.8 Å². The van der Waals surface area contributed by atoms with Crippen molar-refractivity contribution in [2.45, 2.75) is 13.1 Å². The van der Waals surface area contributed by atoms with Crippen LogP contribution in [0.25, 0.3) is 11.0 Å². The van der Waals surface area contributed by atoms with Gasteiger partial charge in [0.2, 0.25) is 5.91 Å². The maximum absolute atomic E-state index is 13.3. The van der Waals surface area contributed by atoms with E-state index in [0.29, 0.717) is 19.6 Å². The first-order valence-corrected chi connectivity index (χ1v) is 11.0. The molecule has 1 aliphatic rings. The molecule has 0 aliphatic carbocycles. The van der Waals surface area contributed by atoms with Crippen molar-refractivity contribution in [1.29, 1.82) is 0 Å². The molecule has 1 saturated heterocycles. The number of benzene rings is 3. The Labute approximate surface area is 186 Å². The molecule has 0 spiro atoms. The quantitative estimate of drug-likeness (QED) is 0.493. The molecule has 0 bridgehead atoms. The molecule has 0 N–H and O–H groups in total. The molecule has 0 radical (unpaired) electrons. The average Bonchev–Trinajstić information content (AvgIpc) is 3.11. The smallest absolute Gasteiger partial charge is 0.329 e. The molecular formula is C26H26N4O2. The summed E-state index contributed by atoms with van der Waals surface area (Å²) in [5, 5.41) is 0. The monoisotopic (exact) mass is 426 g/mol. The van der Waals surface area contributed by atoms with Crippen LogP contribution in [-0.4, -0.2) is 46.1 Å². The van der Waals surface area contributed by atoms with Crippen molar-refractivity contribution in [3.8, 4) is 0 Å². The first kappa shape index (κ1) is 20.1. The molecule has 32 heavy (non-hydrogen) atoms. The van der Waals surface area contributed by atoms with Gasteiger partial charge in [0.1, 0.15) is 6.54 Å². The second-order valence-electron chi connectivity index (χ2n) is 8.13. The summed E-state index contributed by atoms with van der Waals surface area (Å²) in [4.78, 5) is 30.6. The topological polar surface area (TPSA) is 50.5 Å². The molecule has 6 nitrogen and oxygen atoms in total. The molecule has 5 rings (SSSR count). The minimum Gasteiger partial charge on any atom is -0.368 e. The van der Waals surface area contributed by atoms with E-state index >= 15 is 0 Å². The van der Waals surface area contributed by atoms with Crippen LogP contribution < -0.4 is 10.6 Å². The number of para-hydroxylation sites is 3. The Morgan fingerprint density at radius 3 is 1.91 bits per heavy atom. The van der Waals surface area contributed by atoms with Gasteiger partial charge in [0.05, 0.1) is 17.6 Å².